The first kappa shape index (κ1) is 18.0. The number of nitrogens with zero attached hydrogens (tertiary/aromatic N) is 3. The van der Waals surface area contributed by atoms with Gasteiger partial charge in [-0.25, -0.2) is 4.98 Å². The SMILES string of the molecule is CN1CCN(c2cc(CNC(=O)c3ccc(Cl)cc3Cl)ccn2)CC1. The Hall–Kier alpha value is -1.82. The molecule has 0 radical (unpaired) electrons. The molecule has 1 saturated heterocycles. The van der Waals surface area contributed by atoms with Gasteiger partial charge in [0.25, 0.3) is 5.91 Å². The minimum absolute atomic E-state index is 0.223. The fraction of sp³-hybridized carbons (Fsp3) is 0.333. The molecule has 7 heteroatoms. The summed E-state index contributed by atoms with van der Waals surface area (Å²) in [5, 5.41) is 3.74. The summed E-state index contributed by atoms with van der Waals surface area (Å²) in [5.74, 6) is 0.726. The molecule has 0 bridgehead atoms. The van der Waals surface area contributed by atoms with Crippen LogP contribution >= 0.6 is 23.2 Å². The van der Waals surface area contributed by atoms with Gasteiger partial charge in [0.2, 0.25) is 0 Å². The molecule has 1 amide bonds. The van der Waals surface area contributed by atoms with E-state index in [1.807, 2.05) is 12.1 Å². The average molecular weight is 379 g/mol. The van der Waals surface area contributed by atoms with Crippen LogP contribution in [0.5, 0.6) is 0 Å². The quantitative estimate of drug-likeness (QED) is 0.887. The van der Waals surface area contributed by atoms with Crippen LogP contribution in [0.2, 0.25) is 10.0 Å². The molecule has 0 atom stereocenters. The van der Waals surface area contributed by atoms with E-state index in [1.165, 1.54) is 0 Å². The maximum atomic E-state index is 12.3. The fourth-order valence-electron chi connectivity index (χ4n) is 2.73. The average Bonchev–Trinajstić information content (AvgIpc) is 2.60. The van der Waals surface area contributed by atoms with E-state index in [0.717, 1.165) is 37.6 Å². The third-order valence-corrected chi connectivity index (χ3v) is 4.81. The number of halogens is 2. The second kappa shape index (κ2) is 8.04. The normalized spacial score (nSPS) is 15.2. The zero-order valence-electron chi connectivity index (χ0n) is 14.0. The molecule has 0 saturated carbocycles. The van der Waals surface area contributed by atoms with Crippen molar-refractivity contribution >= 4 is 34.9 Å². The summed E-state index contributed by atoms with van der Waals surface area (Å²) in [4.78, 5) is 21.3. The van der Waals surface area contributed by atoms with Crippen molar-refractivity contribution in [2.75, 3.05) is 38.1 Å². The highest BCUT2D eigenvalue weighted by Crippen LogP contribution is 2.21. The largest absolute Gasteiger partial charge is 0.354 e. The van der Waals surface area contributed by atoms with Crippen LogP contribution in [-0.4, -0.2) is 49.0 Å². The van der Waals surface area contributed by atoms with Crippen molar-refractivity contribution in [3.63, 3.8) is 0 Å². The Morgan fingerprint density at radius 1 is 1.16 bits per heavy atom. The smallest absolute Gasteiger partial charge is 0.253 e. The number of hydrogen-bond donors (Lipinski definition) is 1. The monoisotopic (exact) mass is 378 g/mol. The maximum absolute atomic E-state index is 12.3. The molecule has 0 spiro atoms. The van der Waals surface area contributed by atoms with Crippen molar-refractivity contribution in [2.45, 2.75) is 6.54 Å². The van der Waals surface area contributed by atoms with Gasteiger partial charge in [-0.15, -0.1) is 0 Å². The predicted molar refractivity (Wildman–Crippen MR) is 102 cm³/mol. The van der Waals surface area contributed by atoms with Gasteiger partial charge in [-0.1, -0.05) is 23.2 Å². The molecule has 1 fully saturated rings. The summed E-state index contributed by atoms with van der Waals surface area (Å²) < 4.78 is 0. The molecule has 0 aliphatic carbocycles. The molecule has 1 aromatic heterocycles. The number of anilines is 1. The van der Waals surface area contributed by atoms with E-state index in [2.05, 4.69) is 27.1 Å². The number of likely N-dealkylation sites (N-methyl/N-ethyl adjacent to an activating group) is 1. The molecule has 1 aliphatic heterocycles. The van der Waals surface area contributed by atoms with Crippen LogP contribution in [-0.2, 0) is 6.54 Å². The lowest BCUT2D eigenvalue weighted by Crippen LogP contribution is -2.44. The number of aromatic nitrogens is 1. The van der Waals surface area contributed by atoms with Gasteiger partial charge in [0.05, 0.1) is 10.6 Å². The third-order valence-electron chi connectivity index (χ3n) is 4.27. The highest BCUT2D eigenvalue weighted by atomic mass is 35.5. The van der Waals surface area contributed by atoms with Gasteiger partial charge in [0, 0.05) is 43.9 Å². The van der Waals surface area contributed by atoms with Crippen molar-refractivity contribution in [3.8, 4) is 0 Å². The number of rotatable bonds is 4. The van der Waals surface area contributed by atoms with E-state index in [4.69, 9.17) is 23.2 Å². The minimum atomic E-state index is -0.223. The van der Waals surface area contributed by atoms with Crippen molar-refractivity contribution in [2.24, 2.45) is 0 Å². The topological polar surface area (TPSA) is 48.5 Å². The molecule has 3 rings (SSSR count). The first-order valence-corrected chi connectivity index (χ1v) is 8.90. The van der Waals surface area contributed by atoms with Crippen LogP contribution in [0, 0.1) is 0 Å². The van der Waals surface area contributed by atoms with Crippen LogP contribution in [0.3, 0.4) is 0 Å². The van der Waals surface area contributed by atoms with Crippen molar-refractivity contribution in [1.82, 2.24) is 15.2 Å². The minimum Gasteiger partial charge on any atom is -0.354 e. The van der Waals surface area contributed by atoms with Crippen LogP contribution in [0.4, 0.5) is 5.82 Å². The van der Waals surface area contributed by atoms with Gasteiger partial charge in [-0.2, -0.15) is 0 Å². The number of benzene rings is 1. The molecular weight excluding hydrogens is 359 g/mol. The second-order valence-corrected chi connectivity index (χ2v) is 6.96. The number of piperazine rings is 1. The van der Waals surface area contributed by atoms with Crippen LogP contribution < -0.4 is 10.2 Å². The highest BCUT2D eigenvalue weighted by Gasteiger charge is 2.16. The second-order valence-electron chi connectivity index (χ2n) is 6.12. The Kier molecular flexibility index (Phi) is 5.78. The molecule has 1 N–H and O–H groups in total. The highest BCUT2D eigenvalue weighted by molar-refractivity contribution is 6.36. The molecule has 1 aliphatic rings. The summed E-state index contributed by atoms with van der Waals surface area (Å²) in [6.07, 6.45) is 1.78. The van der Waals surface area contributed by atoms with Crippen LogP contribution in [0.15, 0.2) is 36.5 Å². The summed E-state index contributed by atoms with van der Waals surface area (Å²) in [6, 6.07) is 8.77. The summed E-state index contributed by atoms with van der Waals surface area (Å²) in [5.41, 5.74) is 1.42. The van der Waals surface area contributed by atoms with Crippen molar-refractivity contribution in [3.05, 3.63) is 57.7 Å². The number of amides is 1. The number of carbonyl (C=O) groups is 1. The van der Waals surface area contributed by atoms with Gasteiger partial charge in [-0.3, -0.25) is 4.79 Å². The number of pyridine rings is 1. The number of carbonyl (C=O) groups excluding carboxylic acids is 1. The molecule has 0 unspecified atom stereocenters. The molecule has 132 valence electrons. The molecular formula is C18H20Cl2N4O. The van der Waals surface area contributed by atoms with E-state index in [-0.39, 0.29) is 5.91 Å². The molecule has 1 aromatic carbocycles. The van der Waals surface area contributed by atoms with E-state index in [0.29, 0.717) is 22.2 Å². The maximum Gasteiger partial charge on any atom is 0.253 e. The van der Waals surface area contributed by atoms with E-state index in [9.17, 15) is 4.79 Å². The van der Waals surface area contributed by atoms with E-state index < -0.39 is 0 Å². The van der Waals surface area contributed by atoms with Gasteiger partial charge in [-0.05, 0) is 42.9 Å². The lowest BCUT2D eigenvalue weighted by molar-refractivity contribution is 0.0951. The lowest BCUT2D eigenvalue weighted by Gasteiger charge is -2.33. The van der Waals surface area contributed by atoms with Gasteiger partial charge < -0.3 is 15.1 Å². The molecule has 5 nitrogen and oxygen atoms in total. The lowest BCUT2D eigenvalue weighted by atomic mass is 10.2. The number of hydrogen-bond acceptors (Lipinski definition) is 4. The standard InChI is InChI=1S/C18H20Cl2N4O/c1-23-6-8-24(9-7-23)17-10-13(4-5-21-17)12-22-18(25)15-3-2-14(19)11-16(15)20/h2-5,10-11H,6-9,12H2,1H3,(H,22,25). The van der Waals surface area contributed by atoms with E-state index >= 15 is 0 Å². The molecule has 2 heterocycles. The summed E-state index contributed by atoms with van der Waals surface area (Å²) in [7, 11) is 2.12. The Bertz CT molecular complexity index is 760. The Morgan fingerprint density at radius 2 is 1.92 bits per heavy atom. The summed E-state index contributed by atoms with van der Waals surface area (Å²) >= 11 is 11.9. The Balaban J connectivity index is 1.63. The first-order chi connectivity index (χ1) is 12.0. The zero-order valence-corrected chi connectivity index (χ0v) is 15.5. The third kappa shape index (κ3) is 4.63. The summed E-state index contributed by atoms with van der Waals surface area (Å²) in [6.45, 7) is 4.38. The van der Waals surface area contributed by atoms with Gasteiger partial charge in [0.1, 0.15) is 5.82 Å². The van der Waals surface area contributed by atoms with Gasteiger partial charge >= 0.3 is 0 Å². The van der Waals surface area contributed by atoms with Crippen LogP contribution in [0.1, 0.15) is 15.9 Å². The first-order valence-electron chi connectivity index (χ1n) is 8.14. The fourth-order valence-corrected chi connectivity index (χ4v) is 3.22. The van der Waals surface area contributed by atoms with Crippen molar-refractivity contribution in [1.29, 1.82) is 0 Å². The molecule has 2 aromatic rings. The predicted octanol–water partition coefficient (Wildman–Crippen LogP) is 3.07. The molecule has 25 heavy (non-hydrogen) atoms. The van der Waals surface area contributed by atoms with Crippen molar-refractivity contribution < 1.29 is 4.79 Å². The number of nitrogens with one attached hydrogen (secondary N) is 1. The van der Waals surface area contributed by atoms with E-state index in [1.54, 1.807) is 24.4 Å². The Labute approximate surface area is 157 Å². The zero-order chi connectivity index (χ0) is 17.8. The van der Waals surface area contributed by atoms with Gasteiger partial charge in [0.15, 0.2) is 0 Å². The Morgan fingerprint density at radius 3 is 2.64 bits per heavy atom. The van der Waals surface area contributed by atoms with Crippen LogP contribution in [0.25, 0.3) is 0 Å².